The molecule has 4 nitrogen and oxygen atoms in total. The molecule has 0 saturated heterocycles. The first-order valence-corrected chi connectivity index (χ1v) is 6.76. The fourth-order valence-corrected chi connectivity index (χ4v) is 2.39. The number of benzene rings is 1. The first-order valence-electron chi connectivity index (χ1n) is 5.97. The monoisotopic (exact) mass is 309 g/mol. The highest BCUT2D eigenvalue weighted by Gasteiger charge is 2.16. The quantitative estimate of drug-likeness (QED) is 0.937. The van der Waals surface area contributed by atoms with Crippen LogP contribution in [-0.4, -0.2) is 10.1 Å². The molecule has 2 rings (SSSR count). The molecule has 1 aromatic carbocycles. The van der Waals surface area contributed by atoms with Crippen LogP contribution in [-0.2, 0) is 0 Å². The zero-order valence-corrected chi connectivity index (χ0v) is 12.1. The van der Waals surface area contributed by atoms with Crippen molar-refractivity contribution < 1.29 is 4.52 Å². The van der Waals surface area contributed by atoms with E-state index in [4.69, 9.17) is 10.3 Å². The van der Waals surface area contributed by atoms with Crippen molar-refractivity contribution in [3.8, 4) is 11.5 Å². The Morgan fingerprint density at radius 1 is 1.44 bits per heavy atom. The minimum atomic E-state index is -0.156. The lowest BCUT2D eigenvalue weighted by Gasteiger charge is -2.02. The molecule has 0 amide bonds. The molecule has 0 saturated carbocycles. The van der Waals surface area contributed by atoms with Crippen LogP contribution in [0.4, 0.5) is 0 Å². The molecule has 96 valence electrons. The Morgan fingerprint density at radius 3 is 2.89 bits per heavy atom. The summed E-state index contributed by atoms with van der Waals surface area (Å²) in [6.07, 6.45) is 1.85. The summed E-state index contributed by atoms with van der Waals surface area (Å²) < 4.78 is 6.21. The summed E-state index contributed by atoms with van der Waals surface area (Å²) in [4.78, 5) is 4.36. The van der Waals surface area contributed by atoms with E-state index in [-0.39, 0.29) is 6.04 Å². The molecule has 1 heterocycles. The Bertz CT molecular complexity index is 539. The van der Waals surface area contributed by atoms with Crippen LogP contribution < -0.4 is 5.73 Å². The van der Waals surface area contributed by atoms with E-state index in [1.807, 2.05) is 25.1 Å². The Balaban J connectivity index is 2.29. The van der Waals surface area contributed by atoms with Gasteiger partial charge >= 0.3 is 0 Å². The summed E-state index contributed by atoms with van der Waals surface area (Å²) in [6.45, 7) is 4.11. The van der Waals surface area contributed by atoms with Gasteiger partial charge in [0.2, 0.25) is 0 Å². The van der Waals surface area contributed by atoms with Crippen LogP contribution in [0, 0.1) is 6.92 Å². The first-order chi connectivity index (χ1) is 8.61. The average molecular weight is 310 g/mol. The normalized spacial score (nSPS) is 12.7. The largest absolute Gasteiger partial charge is 0.334 e. The fraction of sp³-hybridized carbons (Fsp3) is 0.385. The second kappa shape index (κ2) is 5.63. The lowest BCUT2D eigenvalue weighted by Crippen LogP contribution is -2.11. The van der Waals surface area contributed by atoms with Gasteiger partial charge < -0.3 is 10.3 Å². The standard InChI is InChI=1S/C13H16BrN3O/c1-3-4-11(15)12-16-13(18-17-12)9-6-5-8(2)7-10(9)14/h5-7,11H,3-4,15H2,1-2H3. The van der Waals surface area contributed by atoms with E-state index >= 15 is 0 Å². The van der Waals surface area contributed by atoms with Gasteiger partial charge in [-0.2, -0.15) is 4.98 Å². The van der Waals surface area contributed by atoms with Crippen LogP contribution in [0.2, 0.25) is 0 Å². The number of aryl methyl sites for hydroxylation is 1. The minimum Gasteiger partial charge on any atom is -0.334 e. The van der Waals surface area contributed by atoms with Crippen LogP contribution in [0.5, 0.6) is 0 Å². The smallest absolute Gasteiger partial charge is 0.259 e. The summed E-state index contributed by atoms with van der Waals surface area (Å²) in [5, 5.41) is 3.94. The first kappa shape index (κ1) is 13.2. The summed E-state index contributed by atoms with van der Waals surface area (Å²) >= 11 is 3.50. The SMILES string of the molecule is CCCC(N)c1noc(-c2ccc(C)cc2Br)n1. The Labute approximate surface area is 115 Å². The molecule has 0 spiro atoms. The van der Waals surface area contributed by atoms with E-state index in [0.717, 1.165) is 22.9 Å². The second-order valence-corrected chi connectivity index (χ2v) is 5.19. The molecule has 5 heteroatoms. The van der Waals surface area contributed by atoms with Crippen LogP contribution in [0.15, 0.2) is 27.2 Å². The molecule has 0 aliphatic heterocycles. The molecule has 1 atom stereocenters. The van der Waals surface area contributed by atoms with Gasteiger partial charge in [0.15, 0.2) is 5.82 Å². The Kier molecular flexibility index (Phi) is 4.14. The van der Waals surface area contributed by atoms with Crippen LogP contribution in [0.25, 0.3) is 11.5 Å². The van der Waals surface area contributed by atoms with Crippen molar-refractivity contribution in [3.63, 3.8) is 0 Å². The van der Waals surface area contributed by atoms with Crippen molar-refractivity contribution in [1.82, 2.24) is 10.1 Å². The zero-order valence-electron chi connectivity index (χ0n) is 10.5. The van der Waals surface area contributed by atoms with E-state index in [0.29, 0.717) is 11.7 Å². The van der Waals surface area contributed by atoms with Gasteiger partial charge in [-0.3, -0.25) is 0 Å². The summed E-state index contributed by atoms with van der Waals surface area (Å²) in [7, 11) is 0. The summed E-state index contributed by atoms with van der Waals surface area (Å²) in [5.74, 6) is 1.07. The third-order valence-corrected chi connectivity index (χ3v) is 3.38. The van der Waals surface area contributed by atoms with E-state index in [1.54, 1.807) is 0 Å². The van der Waals surface area contributed by atoms with E-state index < -0.39 is 0 Å². The van der Waals surface area contributed by atoms with Gasteiger partial charge in [-0.05, 0) is 47.0 Å². The van der Waals surface area contributed by atoms with Crippen molar-refractivity contribution in [2.75, 3.05) is 0 Å². The highest BCUT2D eigenvalue weighted by molar-refractivity contribution is 9.10. The lowest BCUT2D eigenvalue weighted by molar-refractivity contribution is 0.413. The Morgan fingerprint density at radius 2 is 2.22 bits per heavy atom. The second-order valence-electron chi connectivity index (χ2n) is 4.34. The molecule has 0 aliphatic rings. The van der Waals surface area contributed by atoms with Crippen molar-refractivity contribution in [3.05, 3.63) is 34.1 Å². The molecule has 18 heavy (non-hydrogen) atoms. The highest BCUT2D eigenvalue weighted by atomic mass is 79.9. The molecule has 0 fully saturated rings. The van der Waals surface area contributed by atoms with E-state index in [1.165, 1.54) is 5.56 Å². The summed E-state index contributed by atoms with van der Waals surface area (Å²) in [5.41, 5.74) is 8.03. The number of hydrogen-bond acceptors (Lipinski definition) is 4. The van der Waals surface area contributed by atoms with Gasteiger partial charge in [0.25, 0.3) is 5.89 Å². The molecule has 1 unspecified atom stereocenters. The molecule has 0 aliphatic carbocycles. The van der Waals surface area contributed by atoms with Crippen molar-refractivity contribution >= 4 is 15.9 Å². The molecule has 0 bridgehead atoms. The third-order valence-electron chi connectivity index (χ3n) is 2.73. The van der Waals surface area contributed by atoms with Gasteiger partial charge in [-0.15, -0.1) is 0 Å². The number of hydrogen-bond donors (Lipinski definition) is 1. The maximum Gasteiger partial charge on any atom is 0.259 e. The zero-order chi connectivity index (χ0) is 13.1. The van der Waals surface area contributed by atoms with Gasteiger partial charge in [0, 0.05) is 4.47 Å². The molecule has 2 N–H and O–H groups in total. The van der Waals surface area contributed by atoms with Crippen molar-refractivity contribution in [2.45, 2.75) is 32.7 Å². The van der Waals surface area contributed by atoms with Gasteiger partial charge in [0.05, 0.1) is 11.6 Å². The maximum absolute atomic E-state index is 5.96. The van der Waals surface area contributed by atoms with Gasteiger partial charge in [0.1, 0.15) is 0 Å². The topological polar surface area (TPSA) is 64.9 Å². The molecule has 1 aromatic heterocycles. The average Bonchev–Trinajstić information content (AvgIpc) is 2.78. The highest BCUT2D eigenvalue weighted by Crippen LogP contribution is 2.28. The van der Waals surface area contributed by atoms with Crippen molar-refractivity contribution in [1.29, 1.82) is 0 Å². The van der Waals surface area contributed by atoms with Crippen LogP contribution >= 0.6 is 15.9 Å². The molecule has 2 aromatic rings. The van der Waals surface area contributed by atoms with Crippen LogP contribution in [0.3, 0.4) is 0 Å². The Hall–Kier alpha value is -1.20. The third kappa shape index (κ3) is 2.79. The fourth-order valence-electron chi connectivity index (χ4n) is 1.73. The predicted molar refractivity (Wildman–Crippen MR) is 74.0 cm³/mol. The molecular weight excluding hydrogens is 294 g/mol. The number of nitrogens with two attached hydrogens (primary N) is 1. The minimum absolute atomic E-state index is 0.156. The molecule has 0 radical (unpaired) electrons. The predicted octanol–water partition coefficient (Wildman–Crippen LogP) is 3.61. The number of nitrogens with zero attached hydrogens (tertiary/aromatic N) is 2. The van der Waals surface area contributed by atoms with E-state index in [9.17, 15) is 0 Å². The van der Waals surface area contributed by atoms with Gasteiger partial charge in [-0.25, -0.2) is 0 Å². The lowest BCUT2D eigenvalue weighted by atomic mass is 10.1. The van der Waals surface area contributed by atoms with Crippen LogP contribution in [0.1, 0.15) is 37.2 Å². The van der Waals surface area contributed by atoms with Gasteiger partial charge in [-0.1, -0.05) is 24.6 Å². The molecular formula is C13H16BrN3O. The van der Waals surface area contributed by atoms with Crippen molar-refractivity contribution in [2.24, 2.45) is 5.73 Å². The summed E-state index contributed by atoms with van der Waals surface area (Å²) in [6, 6.07) is 5.83. The number of halogens is 1. The number of rotatable bonds is 4. The number of aromatic nitrogens is 2. The van der Waals surface area contributed by atoms with E-state index in [2.05, 4.69) is 33.0 Å². The maximum atomic E-state index is 5.96.